The molecule has 1 aliphatic heterocycles. The maximum atomic E-state index is 12.8. The number of aromatic nitrogens is 3. The standard InChI is InChI=1S/C20H22N4O3/c1-11-14-9-12(7-8-16(14)27-23-11)15-10-17(25)21-19-18(15)20(26)22-24(19)13-5-3-2-4-6-13/h7-9,13,15H,2-6,10H2,1H3,(H,21,25)(H,22,26)/t15-/m0/s1. The minimum atomic E-state index is -0.263. The van der Waals surface area contributed by atoms with Gasteiger partial charge in [-0.2, -0.15) is 0 Å². The predicted molar refractivity (Wildman–Crippen MR) is 101 cm³/mol. The predicted octanol–water partition coefficient (Wildman–Crippen LogP) is 3.61. The number of carbonyl (C=O) groups excluding carboxylic acids is 1. The maximum absolute atomic E-state index is 12.8. The number of hydrogen-bond acceptors (Lipinski definition) is 4. The van der Waals surface area contributed by atoms with Crippen molar-refractivity contribution in [3.63, 3.8) is 0 Å². The molecular weight excluding hydrogens is 344 g/mol. The second-order valence-corrected chi connectivity index (χ2v) is 7.69. The Labute approximate surface area is 155 Å². The number of H-pyrrole nitrogens is 1. The van der Waals surface area contributed by atoms with Crippen LogP contribution in [0.5, 0.6) is 0 Å². The second kappa shape index (κ2) is 6.11. The molecular formula is C20H22N4O3. The number of anilines is 1. The Morgan fingerprint density at radius 1 is 1.19 bits per heavy atom. The molecule has 1 aliphatic carbocycles. The molecule has 27 heavy (non-hydrogen) atoms. The molecule has 7 heteroatoms. The van der Waals surface area contributed by atoms with Gasteiger partial charge >= 0.3 is 0 Å². The third kappa shape index (κ3) is 2.60. The van der Waals surface area contributed by atoms with Gasteiger partial charge in [0.05, 0.1) is 17.3 Å². The lowest BCUT2D eigenvalue weighted by molar-refractivity contribution is -0.116. The topological polar surface area (TPSA) is 92.9 Å². The summed E-state index contributed by atoms with van der Waals surface area (Å²) < 4.78 is 7.19. The van der Waals surface area contributed by atoms with Crippen molar-refractivity contribution in [2.45, 2.75) is 57.4 Å². The van der Waals surface area contributed by atoms with Gasteiger partial charge in [-0.15, -0.1) is 0 Å². The first-order valence-electron chi connectivity index (χ1n) is 9.62. The molecule has 140 valence electrons. The Kier molecular flexibility index (Phi) is 3.70. The van der Waals surface area contributed by atoms with Crippen molar-refractivity contribution < 1.29 is 9.32 Å². The van der Waals surface area contributed by atoms with Crippen molar-refractivity contribution in [3.05, 3.63) is 45.4 Å². The van der Waals surface area contributed by atoms with Crippen LogP contribution in [0.1, 0.15) is 67.3 Å². The van der Waals surface area contributed by atoms with Crippen LogP contribution >= 0.6 is 0 Å². The molecule has 0 radical (unpaired) electrons. The van der Waals surface area contributed by atoms with Gasteiger partial charge in [0.15, 0.2) is 5.58 Å². The SMILES string of the molecule is Cc1noc2ccc([C@@H]3CC(=O)Nc4c3c(=O)[nH]n4C3CCCCC3)cc12. The molecule has 2 N–H and O–H groups in total. The highest BCUT2D eigenvalue weighted by atomic mass is 16.5. The zero-order valence-corrected chi connectivity index (χ0v) is 15.2. The van der Waals surface area contributed by atoms with Crippen LogP contribution in [0.25, 0.3) is 11.0 Å². The first kappa shape index (κ1) is 16.4. The third-order valence-electron chi connectivity index (χ3n) is 5.97. The number of nitrogens with one attached hydrogen (secondary N) is 2. The third-order valence-corrected chi connectivity index (χ3v) is 5.97. The van der Waals surface area contributed by atoms with Gasteiger partial charge in [0.25, 0.3) is 5.56 Å². The highest BCUT2D eigenvalue weighted by Gasteiger charge is 2.34. The van der Waals surface area contributed by atoms with E-state index in [1.165, 1.54) is 6.42 Å². The Morgan fingerprint density at radius 2 is 2.00 bits per heavy atom. The fraction of sp³-hybridized carbons (Fsp3) is 0.450. The lowest BCUT2D eigenvalue weighted by Gasteiger charge is -2.28. The summed E-state index contributed by atoms with van der Waals surface area (Å²) in [5, 5.41) is 10.9. The van der Waals surface area contributed by atoms with E-state index >= 15 is 0 Å². The van der Waals surface area contributed by atoms with Gasteiger partial charge in [-0.1, -0.05) is 30.5 Å². The first-order valence-corrected chi connectivity index (χ1v) is 9.62. The average molecular weight is 366 g/mol. The molecule has 3 aromatic rings. The van der Waals surface area contributed by atoms with Crippen molar-refractivity contribution in [2.24, 2.45) is 0 Å². The van der Waals surface area contributed by atoms with Crippen LogP contribution in [0.2, 0.25) is 0 Å². The summed E-state index contributed by atoms with van der Waals surface area (Å²) in [5.74, 6) is 0.328. The van der Waals surface area contributed by atoms with E-state index in [0.29, 0.717) is 17.0 Å². The largest absolute Gasteiger partial charge is 0.356 e. The minimum absolute atomic E-state index is 0.0572. The van der Waals surface area contributed by atoms with Gasteiger partial charge in [-0.05, 0) is 37.5 Å². The lowest BCUT2D eigenvalue weighted by atomic mass is 9.86. The summed E-state index contributed by atoms with van der Waals surface area (Å²) in [6.45, 7) is 1.89. The van der Waals surface area contributed by atoms with Crippen molar-refractivity contribution in [3.8, 4) is 0 Å². The number of rotatable bonds is 2. The molecule has 1 fully saturated rings. The van der Waals surface area contributed by atoms with Gasteiger partial charge in [-0.3, -0.25) is 19.4 Å². The van der Waals surface area contributed by atoms with E-state index in [0.717, 1.165) is 42.3 Å². The summed E-state index contributed by atoms with van der Waals surface area (Å²) >= 11 is 0. The molecule has 5 rings (SSSR count). The molecule has 1 saturated carbocycles. The van der Waals surface area contributed by atoms with Crippen LogP contribution in [0.15, 0.2) is 27.5 Å². The normalized spacial score (nSPS) is 20.6. The van der Waals surface area contributed by atoms with E-state index in [9.17, 15) is 9.59 Å². The Morgan fingerprint density at radius 3 is 2.81 bits per heavy atom. The number of benzene rings is 1. The quantitative estimate of drug-likeness (QED) is 0.725. The molecule has 2 aromatic heterocycles. The van der Waals surface area contributed by atoms with Crippen LogP contribution < -0.4 is 10.9 Å². The first-order chi connectivity index (χ1) is 13.1. The Hall–Kier alpha value is -2.83. The van der Waals surface area contributed by atoms with Crippen LogP contribution in [0.3, 0.4) is 0 Å². The van der Waals surface area contributed by atoms with E-state index in [1.807, 2.05) is 29.8 Å². The monoisotopic (exact) mass is 366 g/mol. The summed E-state index contributed by atoms with van der Waals surface area (Å²) in [5.41, 5.74) is 3.01. The molecule has 0 unspecified atom stereocenters. The lowest BCUT2D eigenvalue weighted by Crippen LogP contribution is -2.27. The highest BCUT2D eigenvalue weighted by molar-refractivity contribution is 5.94. The molecule has 0 spiro atoms. The summed E-state index contributed by atoms with van der Waals surface area (Å²) in [6.07, 6.45) is 5.87. The Balaban J connectivity index is 1.63. The van der Waals surface area contributed by atoms with E-state index in [-0.39, 0.29) is 29.8 Å². The number of carbonyl (C=O) groups is 1. The van der Waals surface area contributed by atoms with Crippen molar-refractivity contribution in [1.29, 1.82) is 0 Å². The van der Waals surface area contributed by atoms with E-state index in [2.05, 4.69) is 15.6 Å². The summed E-state index contributed by atoms with van der Waals surface area (Å²) in [7, 11) is 0. The van der Waals surface area contributed by atoms with Gasteiger partial charge in [0.2, 0.25) is 5.91 Å². The van der Waals surface area contributed by atoms with E-state index < -0.39 is 0 Å². The molecule has 1 atom stereocenters. The fourth-order valence-corrected chi connectivity index (χ4v) is 4.58. The van der Waals surface area contributed by atoms with Crippen LogP contribution in [-0.2, 0) is 4.79 Å². The molecule has 1 amide bonds. The molecule has 2 aliphatic rings. The van der Waals surface area contributed by atoms with E-state index in [1.54, 1.807) is 0 Å². The molecule has 0 bridgehead atoms. The molecule has 0 saturated heterocycles. The van der Waals surface area contributed by atoms with Crippen LogP contribution in [0.4, 0.5) is 5.82 Å². The van der Waals surface area contributed by atoms with Gasteiger partial charge in [-0.25, -0.2) is 0 Å². The smallest absolute Gasteiger partial charge is 0.270 e. The van der Waals surface area contributed by atoms with Gasteiger partial charge in [0.1, 0.15) is 5.82 Å². The average Bonchev–Trinajstić information content (AvgIpc) is 3.22. The zero-order chi connectivity index (χ0) is 18.5. The number of nitrogens with zero attached hydrogens (tertiary/aromatic N) is 2. The van der Waals surface area contributed by atoms with Crippen molar-refractivity contribution in [1.82, 2.24) is 14.9 Å². The molecule has 3 heterocycles. The van der Waals surface area contributed by atoms with Crippen molar-refractivity contribution >= 4 is 22.7 Å². The number of amides is 1. The fourth-order valence-electron chi connectivity index (χ4n) is 4.58. The number of aryl methyl sites for hydroxylation is 1. The summed E-state index contributed by atoms with van der Waals surface area (Å²) in [4.78, 5) is 25.3. The Bertz CT molecular complexity index is 1080. The van der Waals surface area contributed by atoms with Gasteiger partial charge in [0, 0.05) is 17.7 Å². The minimum Gasteiger partial charge on any atom is -0.356 e. The number of fused-ring (bicyclic) bond motifs is 2. The second-order valence-electron chi connectivity index (χ2n) is 7.69. The van der Waals surface area contributed by atoms with Crippen LogP contribution in [-0.4, -0.2) is 20.8 Å². The van der Waals surface area contributed by atoms with Crippen LogP contribution in [0, 0.1) is 6.92 Å². The molecule has 1 aromatic carbocycles. The van der Waals surface area contributed by atoms with E-state index in [4.69, 9.17) is 4.52 Å². The highest BCUT2D eigenvalue weighted by Crippen LogP contribution is 2.39. The van der Waals surface area contributed by atoms with Gasteiger partial charge < -0.3 is 9.84 Å². The summed E-state index contributed by atoms with van der Waals surface area (Å²) in [6, 6.07) is 6.03. The molecule has 7 nitrogen and oxygen atoms in total. The zero-order valence-electron chi connectivity index (χ0n) is 15.2. The number of aromatic amines is 1. The maximum Gasteiger partial charge on any atom is 0.270 e. The van der Waals surface area contributed by atoms with Crippen molar-refractivity contribution in [2.75, 3.05) is 5.32 Å². The number of hydrogen-bond donors (Lipinski definition) is 2.